The number of nitrogens with zero attached hydrogens (tertiary/aromatic N) is 3. The first-order chi connectivity index (χ1) is 16.2. The summed E-state index contributed by atoms with van der Waals surface area (Å²) in [5, 5.41) is 3.24. The standard InChI is InChI=1S/C26H40N4O4/c1-16(2)21-9-8-17(3)10-24(32)30-13-19-11-20(22(30)6-5-7-23(31)28-21)14-29(12-19)26(33)25-18(4)34-15-27-25/h15-17,19-22H,5-14H2,1-4H3,(H,28,31)/t17-,19+,20+,21+,22+/m1/s1. The van der Waals surface area contributed by atoms with E-state index in [4.69, 9.17) is 4.42 Å². The van der Waals surface area contributed by atoms with Gasteiger partial charge in [-0.15, -0.1) is 0 Å². The lowest BCUT2D eigenvalue weighted by atomic mass is 9.77. The van der Waals surface area contributed by atoms with Gasteiger partial charge >= 0.3 is 0 Å². The zero-order valence-corrected chi connectivity index (χ0v) is 21.1. The highest BCUT2D eigenvalue weighted by Crippen LogP contribution is 2.37. The van der Waals surface area contributed by atoms with Gasteiger partial charge < -0.3 is 19.5 Å². The van der Waals surface area contributed by atoms with Crippen molar-refractivity contribution >= 4 is 17.7 Å². The van der Waals surface area contributed by atoms with Crippen LogP contribution in [0.15, 0.2) is 10.8 Å². The van der Waals surface area contributed by atoms with Gasteiger partial charge in [0.05, 0.1) is 0 Å². The Bertz CT molecular complexity index is 897. The van der Waals surface area contributed by atoms with Crippen molar-refractivity contribution in [1.82, 2.24) is 20.1 Å². The molecule has 4 heterocycles. The minimum atomic E-state index is -0.0851. The molecule has 1 N–H and O–H groups in total. The number of oxazole rings is 1. The van der Waals surface area contributed by atoms with Gasteiger partial charge in [-0.3, -0.25) is 14.4 Å². The van der Waals surface area contributed by atoms with E-state index >= 15 is 0 Å². The van der Waals surface area contributed by atoms with Crippen LogP contribution in [0.1, 0.15) is 82.0 Å². The number of fused-ring (bicyclic) bond motifs is 4. The predicted octanol–water partition coefficient (Wildman–Crippen LogP) is 3.40. The Balaban J connectivity index is 1.51. The first-order valence-corrected chi connectivity index (χ1v) is 13.0. The van der Waals surface area contributed by atoms with Gasteiger partial charge in [-0.05, 0) is 62.7 Å². The van der Waals surface area contributed by atoms with Gasteiger partial charge in [0.25, 0.3) is 5.91 Å². The Morgan fingerprint density at radius 2 is 1.97 bits per heavy atom. The minimum Gasteiger partial charge on any atom is -0.448 e. The smallest absolute Gasteiger partial charge is 0.276 e. The molecule has 8 nitrogen and oxygen atoms in total. The molecule has 0 spiro atoms. The van der Waals surface area contributed by atoms with Gasteiger partial charge in [0.15, 0.2) is 12.1 Å². The molecule has 34 heavy (non-hydrogen) atoms. The normalized spacial score (nSPS) is 31.3. The fourth-order valence-corrected chi connectivity index (χ4v) is 6.13. The van der Waals surface area contributed by atoms with E-state index in [-0.39, 0.29) is 47.6 Å². The highest BCUT2D eigenvalue weighted by Gasteiger charge is 2.44. The van der Waals surface area contributed by atoms with E-state index < -0.39 is 0 Å². The van der Waals surface area contributed by atoms with Crippen molar-refractivity contribution in [3.05, 3.63) is 17.8 Å². The quantitative estimate of drug-likeness (QED) is 0.712. The van der Waals surface area contributed by atoms with E-state index in [0.29, 0.717) is 49.8 Å². The van der Waals surface area contributed by atoms with Crippen LogP contribution < -0.4 is 5.32 Å². The van der Waals surface area contributed by atoms with Gasteiger partial charge in [-0.25, -0.2) is 4.98 Å². The van der Waals surface area contributed by atoms with Gasteiger partial charge in [0.2, 0.25) is 11.8 Å². The summed E-state index contributed by atoms with van der Waals surface area (Å²) >= 11 is 0. The number of carbonyl (C=O) groups is 3. The maximum atomic E-state index is 13.5. The van der Waals surface area contributed by atoms with E-state index in [2.05, 4.69) is 36.0 Å². The second-order valence-corrected chi connectivity index (χ2v) is 11.1. The van der Waals surface area contributed by atoms with Gasteiger partial charge in [0.1, 0.15) is 5.76 Å². The van der Waals surface area contributed by atoms with Crippen molar-refractivity contribution in [2.24, 2.45) is 23.7 Å². The molecule has 3 amide bonds. The number of likely N-dealkylation sites (tertiary alicyclic amines) is 1. The van der Waals surface area contributed by atoms with Crippen LogP contribution in [0.3, 0.4) is 0 Å². The molecule has 0 radical (unpaired) electrons. The molecule has 188 valence electrons. The van der Waals surface area contributed by atoms with Crippen molar-refractivity contribution in [2.75, 3.05) is 19.6 Å². The van der Waals surface area contributed by atoms with Gasteiger partial charge in [0, 0.05) is 44.6 Å². The summed E-state index contributed by atoms with van der Waals surface area (Å²) in [6.07, 6.45) is 6.75. The Morgan fingerprint density at radius 3 is 2.68 bits per heavy atom. The average molecular weight is 473 g/mol. The number of aryl methyl sites for hydroxylation is 1. The van der Waals surface area contributed by atoms with Crippen LogP contribution >= 0.6 is 0 Å². The van der Waals surface area contributed by atoms with Crippen LogP contribution in [0.4, 0.5) is 0 Å². The minimum absolute atomic E-state index is 0.0689. The molecule has 1 aromatic heterocycles. The van der Waals surface area contributed by atoms with Crippen molar-refractivity contribution in [1.29, 1.82) is 0 Å². The predicted molar refractivity (Wildman–Crippen MR) is 128 cm³/mol. The van der Waals surface area contributed by atoms with Crippen molar-refractivity contribution < 1.29 is 18.8 Å². The van der Waals surface area contributed by atoms with Crippen LogP contribution in [0.25, 0.3) is 0 Å². The average Bonchev–Trinajstić information content (AvgIpc) is 3.22. The fraction of sp³-hybridized carbons (Fsp3) is 0.769. The van der Waals surface area contributed by atoms with Crippen LogP contribution in [0, 0.1) is 30.6 Å². The lowest BCUT2D eigenvalue weighted by Crippen LogP contribution is -2.60. The number of aromatic nitrogens is 1. The maximum absolute atomic E-state index is 13.5. The summed E-state index contributed by atoms with van der Waals surface area (Å²) in [7, 11) is 0. The number of rotatable bonds is 2. The summed E-state index contributed by atoms with van der Waals surface area (Å²) in [5.74, 6) is 1.95. The van der Waals surface area contributed by atoms with E-state index in [0.717, 1.165) is 32.1 Å². The SMILES string of the molecule is Cc1ocnc1C(=O)N1C[C@@H]2C[C@@H](C1)[C@@H]1CCCC(=O)N[C@H](C(C)C)CC[C@@H](C)CC(=O)N1C2. The molecule has 0 unspecified atom stereocenters. The van der Waals surface area contributed by atoms with Crippen LogP contribution in [0.2, 0.25) is 0 Å². The molecule has 3 aliphatic heterocycles. The zero-order valence-electron chi connectivity index (χ0n) is 21.1. The molecule has 4 rings (SSSR count). The molecule has 0 aliphatic carbocycles. The molecule has 0 saturated carbocycles. The molecule has 5 atom stereocenters. The van der Waals surface area contributed by atoms with Crippen LogP contribution in [-0.2, 0) is 9.59 Å². The molecule has 0 aromatic carbocycles. The molecule has 2 bridgehead atoms. The second kappa shape index (κ2) is 10.5. The first kappa shape index (κ1) is 24.7. The van der Waals surface area contributed by atoms with Crippen LogP contribution in [0.5, 0.6) is 0 Å². The molecule has 3 fully saturated rings. The second-order valence-electron chi connectivity index (χ2n) is 11.1. The third kappa shape index (κ3) is 5.47. The molecular formula is C26H40N4O4. The lowest BCUT2D eigenvalue weighted by Gasteiger charge is -2.51. The molecular weight excluding hydrogens is 432 g/mol. The van der Waals surface area contributed by atoms with Gasteiger partial charge in [-0.1, -0.05) is 20.8 Å². The Hall–Kier alpha value is -2.38. The van der Waals surface area contributed by atoms with Crippen LogP contribution in [-0.4, -0.2) is 64.2 Å². The first-order valence-electron chi connectivity index (χ1n) is 13.0. The largest absolute Gasteiger partial charge is 0.448 e. The van der Waals surface area contributed by atoms with E-state index in [9.17, 15) is 14.4 Å². The number of hydrogen-bond donors (Lipinski definition) is 1. The molecule has 8 heteroatoms. The third-order valence-corrected chi connectivity index (χ3v) is 8.07. The lowest BCUT2D eigenvalue weighted by molar-refractivity contribution is -0.141. The van der Waals surface area contributed by atoms with E-state index in [1.54, 1.807) is 6.92 Å². The highest BCUT2D eigenvalue weighted by atomic mass is 16.3. The Morgan fingerprint density at radius 1 is 1.18 bits per heavy atom. The molecule has 3 aliphatic rings. The van der Waals surface area contributed by atoms with E-state index in [1.807, 2.05) is 4.90 Å². The number of carbonyl (C=O) groups excluding carboxylic acids is 3. The summed E-state index contributed by atoms with van der Waals surface area (Å²) in [6.45, 7) is 10.2. The van der Waals surface area contributed by atoms with Crippen molar-refractivity contribution in [2.45, 2.75) is 84.7 Å². The maximum Gasteiger partial charge on any atom is 0.276 e. The number of nitrogens with one attached hydrogen (secondary N) is 1. The Kier molecular flexibility index (Phi) is 7.63. The van der Waals surface area contributed by atoms with Gasteiger partial charge in [-0.2, -0.15) is 0 Å². The monoisotopic (exact) mass is 472 g/mol. The summed E-state index contributed by atoms with van der Waals surface area (Å²) in [5.41, 5.74) is 0.382. The number of hydrogen-bond acceptors (Lipinski definition) is 5. The zero-order chi connectivity index (χ0) is 24.4. The van der Waals surface area contributed by atoms with E-state index in [1.165, 1.54) is 6.39 Å². The third-order valence-electron chi connectivity index (χ3n) is 8.07. The summed E-state index contributed by atoms with van der Waals surface area (Å²) in [6, 6.07) is 0.228. The fourth-order valence-electron chi connectivity index (χ4n) is 6.13. The molecule has 3 saturated heterocycles. The Labute approximate surface area is 202 Å². The molecule has 1 aromatic rings. The number of piperidine rings is 2. The topological polar surface area (TPSA) is 95.7 Å². The highest BCUT2D eigenvalue weighted by molar-refractivity contribution is 5.93. The number of amides is 3. The summed E-state index contributed by atoms with van der Waals surface area (Å²) in [4.78, 5) is 47.4. The van der Waals surface area contributed by atoms with Crippen molar-refractivity contribution in [3.8, 4) is 0 Å². The summed E-state index contributed by atoms with van der Waals surface area (Å²) < 4.78 is 5.25. The van der Waals surface area contributed by atoms with Crippen molar-refractivity contribution in [3.63, 3.8) is 0 Å².